The van der Waals surface area contributed by atoms with Gasteiger partial charge in [0.1, 0.15) is 5.82 Å². The Morgan fingerprint density at radius 2 is 1.97 bits per heavy atom. The minimum atomic E-state index is -4.25. The second-order valence-corrected chi connectivity index (χ2v) is 6.81. The molecular formula is C20H27F3N4O2. The summed E-state index contributed by atoms with van der Waals surface area (Å²) in [5, 5.41) is 15.5. The highest BCUT2D eigenvalue weighted by Crippen LogP contribution is 2.24. The van der Waals surface area contributed by atoms with Crippen LogP contribution in [0.25, 0.3) is 0 Å². The number of rotatable bonds is 10. The number of anilines is 1. The summed E-state index contributed by atoms with van der Waals surface area (Å²) in [6, 6.07) is 3.73. The summed E-state index contributed by atoms with van der Waals surface area (Å²) < 4.78 is 41.9. The number of hydrogen-bond donors (Lipinski definition) is 3. The van der Waals surface area contributed by atoms with E-state index in [1.54, 1.807) is 19.3 Å². The molecule has 160 valence electrons. The van der Waals surface area contributed by atoms with E-state index in [1.807, 2.05) is 26.0 Å². The first kappa shape index (κ1) is 22.9. The average molecular weight is 412 g/mol. The van der Waals surface area contributed by atoms with Gasteiger partial charge >= 0.3 is 6.18 Å². The molecule has 0 spiro atoms. The van der Waals surface area contributed by atoms with Crippen LogP contribution in [0.3, 0.4) is 0 Å². The second kappa shape index (κ2) is 10.4. The monoisotopic (exact) mass is 412 g/mol. The van der Waals surface area contributed by atoms with Crippen LogP contribution in [0.5, 0.6) is 5.88 Å². The number of nitrogens with zero attached hydrogens (tertiary/aromatic N) is 2. The Hall–Kier alpha value is -2.39. The third kappa shape index (κ3) is 7.17. The van der Waals surface area contributed by atoms with Crippen molar-refractivity contribution in [3.8, 4) is 5.88 Å². The lowest BCUT2D eigenvalue weighted by molar-refractivity contribution is -0.139. The number of nitrogens with one attached hydrogen (secondary N) is 2. The molecule has 9 heteroatoms. The summed E-state index contributed by atoms with van der Waals surface area (Å²) in [5.41, 5.74) is 3.66. The van der Waals surface area contributed by atoms with Crippen LogP contribution in [0, 0.1) is 13.8 Å². The SMILES string of the molecule is Cc1cc(C(C)NCc2c(C)ccnc2NCCO)cnc1OCCC(F)(F)F. The van der Waals surface area contributed by atoms with Crippen LogP contribution in [-0.2, 0) is 6.54 Å². The summed E-state index contributed by atoms with van der Waals surface area (Å²) >= 11 is 0. The van der Waals surface area contributed by atoms with Crippen molar-refractivity contribution in [1.29, 1.82) is 0 Å². The van der Waals surface area contributed by atoms with Crippen LogP contribution in [0.4, 0.5) is 19.0 Å². The van der Waals surface area contributed by atoms with E-state index in [-0.39, 0.29) is 18.5 Å². The number of halogens is 3. The van der Waals surface area contributed by atoms with Crippen LogP contribution in [-0.4, -0.2) is 41.0 Å². The summed E-state index contributed by atoms with van der Waals surface area (Å²) in [4.78, 5) is 8.50. The molecule has 2 rings (SSSR count). The van der Waals surface area contributed by atoms with Crippen LogP contribution < -0.4 is 15.4 Å². The van der Waals surface area contributed by atoms with Gasteiger partial charge in [-0.2, -0.15) is 13.2 Å². The van der Waals surface area contributed by atoms with E-state index in [0.29, 0.717) is 18.7 Å². The average Bonchev–Trinajstić information content (AvgIpc) is 2.65. The minimum Gasteiger partial charge on any atom is -0.477 e. The van der Waals surface area contributed by atoms with Gasteiger partial charge in [-0.1, -0.05) is 0 Å². The highest BCUT2D eigenvalue weighted by molar-refractivity contribution is 5.48. The third-order valence-electron chi connectivity index (χ3n) is 4.46. The van der Waals surface area contributed by atoms with Gasteiger partial charge in [0.15, 0.2) is 0 Å². The van der Waals surface area contributed by atoms with Crippen molar-refractivity contribution < 1.29 is 23.0 Å². The molecule has 0 saturated carbocycles. The van der Waals surface area contributed by atoms with Gasteiger partial charge in [-0.15, -0.1) is 0 Å². The predicted octanol–water partition coefficient (Wildman–Crippen LogP) is 3.68. The first-order valence-corrected chi connectivity index (χ1v) is 9.40. The summed E-state index contributed by atoms with van der Waals surface area (Å²) in [6.45, 7) is 6.26. The smallest absolute Gasteiger partial charge is 0.392 e. The topological polar surface area (TPSA) is 79.3 Å². The lowest BCUT2D eigenvalue weighted by Gasteiger charge is -2.18. The fourth-order valence-electron chi connectivity index (χ4n) is 2.75. The van der Waals surface area contributed by atoms with Crippen molar-refractivity contribution in [2.45, 2.75) is 46.0 Å². The molecular weight excluding hydrogens is 385 g/mol. The number of pyridine rings is 2. The van der Waals surface area contributed by atoms with Crippen molar-refractivity contribution >= 4 is 5.82 Å². The Bertz CT molecular complexity index is 800. The molecule has 0 aliphatic heterocycles. The molecule has 3 N–H and O–H groups in total. The molecule has 1 unspecified atom stereocenters. The van der Waals surface area contributed by atoms with Gasteiger partial charge in [0.05, 0.1) is 19.6 Å². The number of aryl methyl sites for hydroxylation is 2. The molecule has 0 radical (unpaired) electrons. The van der Waals surface area contributed by atoms with Crippen LogP contribution in [0.15, 0.2) is 24.5 Å². The van der Waals surface area contributed by atoms with E-state index in [4.69, 9.17) is 9.84 Å². The minimum absolute atomic E-state index is 0.0151. The van der Waals surface area contributed by atoms with E-state index >= 15 is 0 Å². The van der Waals surface area contributed by atoms with Gasteiger partial charge in [0, 0.05) is 42.7 Å². The number of alkyl halides is 3. The highest BCUT2D eigenvalue weighted by Gasteiger charge is 2.27. The lowest BCUT2D eigenvalue weighted by Crippen LogP contribution is -2.21. The van der Waals surface area contributed by atoms with E-state index in [0.717, 1.165) is 22.5 Å². The van der Waals surface area contributed by atoms with E-state index < -0.39 is 19.2 Å². The molecule has 29 heavy (non-hydrogen) atoms. The largest absolute Gasteiger partial charge is 0.477 e. The standard InChI is InChI=1S/C20H27F3N4O2/c1-13-4-6-24-18(25-7-8-28)17(13)12-26-15(3)16-10-14(2)19(27-11-16)29-9-5-20(21,22)23/h4,6,10-11,15,26,28H,5,7-9,12H2,1-3H3,(H,24,25). The molecule has 2 aromatic heterocycles. The number of aliphatic hydroxyl groups is 1. The van der Waals surface area contributed by atoms with Crippen molar-refractivity contribution in [1.82, 2.24) is 15.3 Å². The number of aliphatic hydroxyl groups excluding tert-OH is 1. The van der Waals surface area contributed by atoms with E-state index in [9.17, 15) is 13.2 Å². The maximum atomic E-state index is 12.2. The molecule has 0 fully saturated rings. The Morgan fingerprint density at radius 3 is 2.62 bits per heavy atom. The Kier molecular flexibility index (Phi) is 8.21. The maximum absolute atomic E-state index is 12.2. The lowest BCUT2D eigenvalue weighted by atomic mass is 10.1. The second-order valence-electron chi connectivity index (χ2n) is 6.81. The first-order chi connectivity index (χ1) is 13.7. The number of ether oxygens (including phenoxy) is 1. The summed E-state index contributed by atoms with van der Waals surface area (Å²) in [6.07, 6.45) is -1.94. The van der Waals surface area contributed by atoms with Crippen molar-refractivity contribution in [2.75, 3.05) is 25.1 Å². The fourth-order valence-corrected chi connectivity index (χ4v) is 2.75. The van der Waals surface area contributed by atoms with Gasteiger partial charge in [-0.3, -0.25) is 0 Å². The van der Waals surface area contributed by atoms with Crippen LogP contribution in [0.2, 0.25) is 0 Å². The van der Waals surface area contributed by atoms with Crippen molar-refractivity contribution in [3.05, 3.63) is 46.8 Å². The van der Waals surface area contributed by atoms with Crippen molar-refractivity contribution in [3.63, 3.8) is 0 Å². The molecule has 0 bridgehead atoms. The van der Waals surface area contributed by atoms with Gasteiger partial charge < -0.3 is 20.5 Å². The van der Waals surface area contributed by atoms with Crippen molar-refractivity contribution in [2.24, 2.45) is 0 Å². The van der Waals surface area contributed by atoms with Gasteiger partial charge in [-0.05, 0) is 44.0 Å². The molecule has 1 atom stereocenters. The Labute approximate surface area is 168 Å². The zero-order valence-corrected chi connectivity index (χ0v) is 16.8. The van der Waals surface area contributed by atoms with Crippen LogP contribution >= 0.6 is 0 Å². The Balaban J connectivity index is 1.99. The zero-order valence-electron chi connectivity index (χ0n) is 16.8. The normalized spacial score (nSPS) is 12.7. The molecule has 2 aromatic rings. The molecule has 0 amide bonds. The predicted molar refractivity (Wildman–Crippen MR) is 105 cm³/mol. The molecule has 6 nitrogen and oxygen atoms in total. The third-order valence-corrected chi connectivity index (χ3v) is 4.46. The summed E-state index contributed by atoms with van der Waals surface area (Å²) in [7, 11) is 0. The molecule has 0 aliphatic rings. The zero-order chi connectivity index (χ0) is 21.4. The molecule has 2 heterocycles. The quantitative estimate of drug-likeness (QED) is 0.553. The maximum Gasteiger partial charge on any atom is 0.392 e. The van der Waals surface area contributed by atoms with E-state index in [2.05, 4.69) is 20.6 Å². The van der Waals surface area contributed by atoms with Crippen LogP contribution in [0.1, 0.15) is 41.6 Å². The fraction of sp³-hybridized carbons (Fsp3) is 0.500. The number of hydrogen-bond acceptors (Lipinski definition) is 6. The highest BCUT2D eigenvalue weighted by atomic mass is 19.4. The molecule has 0 saturated heterocycles. The molecule has 0 aliphatic carbocycles. The van der Waals surface area contributed by atoms with Gasteiger partial charge in [0.2, 0.25) is 5.88 Å². The molecule has 0 aromatic carbocycles. The van der Waals surface area contributed by atoms with Gasteiger partial charge in [-0.25, -0.2) is 9.97 Å². The number of aromatic nitrogens is 2. The first-order valence-electron chi connectivity index (χ1n) is 9.40. The van der Waals surface area contributed by atoms with E-state index in [1.165, 1.54) is 0 Å². The van der Waals surface area contributed by atoms with Gasteiger partial charge in [0.25, 0.3) is 0 Å². The summed E-state index contributed by atoms with van der Waals surface area (Å²) in [5.74, 6) is 0.935. The Morgan fingerprint density at radius 1 is 1.21 bits per heavy atom.